The molecule has 5 heteroatoms. The minimum absolute atomic E-state index is 0.0388. The molecule has 118 valence electrons. The van der Waals surface area contributed by atoms with E-state index >= 15 is 0 Å². The third kappa shape index (κ3) is 2.52. The van der Waals surface area contributed by atoms with Crippen LogP contribution in [0.5, 0.6) is 0 Å². The first-order valence-electron chi connectivity index (χ1n) is 8.04. The van der Waals surface area contributed by atoms with Crippen LogP contribution >= 0.6 is 0 Å². The number of amides is 2. The van der Waals surface area contributed by atoms with E-state index in [4.69, 9.17) is 0 Å². The van der Waals surface area contributed by atoms with Gasteiger partial charge in [0.2, 0.25) is 11.8 Å². The summed E-state index contributed by atoms with van der Waals surface area (Å²) in [5.74, 6) is -0.127. The van der Waals surface area contributed by atoms with E-state index in [-0.39, 0.29) is 24.9 Å². The number of rotatable bonds is 3. The zero-order chi connectivity index (χ0) is 15.8. The third-order valence-corrected chi connectivity index (χ3v) is 4.70. The van der Waals surface area contributed by atoms with Crippen LogP contribution in [0.15, 0.2) is 30.3 Å². The van der Waals surface area contributed by atoms with Gasteiger partial charge in [-0.15, -0.1) is 0 Å². The number of benzene rings is 2. The fraction of sp³-hybridized carbons (Fsp3) is 0.333. The molecular formula is C18H19N3O2. The molecule has 2 aromatic carbocycles. The van der Waals surface area contributed by atoms with Gasteiger partial charge in [0.25, 0.3) is 0 Å². The zero-order valence-corrected chi connectivity index (χ0v) is 12.9. The van der Waals surface area contributed by atoms with Gasteiger partial charge in [0, 0.05) is 24.2 Å². The molecule has 2 aliphatic rings. The van der Waals surface area contributed by atoms with E-state index in [1.54, 1.807) is 4.90 Å². The quantitative estimate of drug-likeness (QED) is 0.898. The Labute approximate surface area is 134 Å². The van der Waals surface area contributed by atoms with Crippen molar-refractivity contribution in [2.75, 3.05) is 31.5 Å². The normalized spacial score (nSPS) is 16.5. The first-order valence-corrected chi connectivity index (χ1v) is 8.04. The van der Waals surface area contributed by atoms with Crippen molar-refractivity contribution in [1.29, 1.82) is 0 Å². The lowest BCUT2D eigenvalue weighted by Crippen LogP contribution is -2.51. The first kappa shape index (κ1) is 14.1. The van der Waals surface area contributed by atoms with Crippen molar-refractivity contribution in [2.24, 2.45) is 0 Å². The predicted octanol–water partition coefficient (Wildman–Crippen LogP) is 1.31. The molecule has 0 unspecified atom stereocenters. The maximum atomic E-state index is 12.3. The van der Waals surface area contributed by atoms with Crippen LogP contribution in [0.25, 0.3) is 10.8 Å². The Hall–Kier alpha value is -2.56. The van der Waals surface area contributed by atoms with Crippen LogP contribution in [0, 0.1) is 0 Å². The van der Waals surface area contributed by atoms with Crippen molar-refractivity contribution in [3.8, 4) is 0 Å². The molecule has 0 radical (unpaired) electrons. The van der Waals surface area contributed by atoms with Crippen LogP contribution in [-0.4, -0.2) is 42.9 Å². The number of nitrogens with one attached hydrogen (secondary N) is 2. The number of aryl methyl sites for hydroxylation is 2. The Bertz CT molecular complexity index is 790. The van der Waals surface area contributed by atoms with Gasteiger partial charge >= 0.3 is 0 Å². The Morgan fingerprint density at radius 1 is 1.17 bits per heavy atom. The number of anilines is 1. The van der Waals surface area contributed by atoms with E-state index in [0.717, 1.165) is 18.5 Å². The van der Waals surface area contributed by atoms with Crippen molar-refractivity contribution in [3.63, 3.8) is 0 Å². The lowest BCUT2D eigenvalue weighted by molar-refractivity contribution is -0.136. The summed E-state index contributed by atoms with van der Waals surface area (Å²) in [6.07, 6.45) is 2.19. The number of carbonyl (C=O) groups excluding carboxylic acids is 2. The Morgan fingerprint density at radius 2 is 2.00 bits per heavy atom. The van der Waals surface area contributed by atoms with Crippen LogP contribution < -0.4 is 10.6 Å². The monoisotopic (exact) mass is 309 g/mol. The summed E-state index contributed by atoms with van der Waals surface area (Å²) >= 11 is 0. The highest BCUT2D eigenvalue weighted by Crippen LogP contribution is 2.34. The maximum Gasteiger partial charge on any atom is 0.242 e. The predicted molar refractivity (Wildman–Crippen MR) is 89.4 cm³/mol. The van der Waals surface area contributed by atoms with Gasteiger partial charge in [0.15, 0.2) is 0 Å². The van der Waals surface area contributed by atoms with E-state index < -0.39 is 0 Å². The van der Waals surface area contributed by atoms with Crippen molar-refractivity contribution in [1.82, 2.24) is 10.2 Å². The van der Waals surface area contributed by atoms with Gasteiger partial charge in [-0.05, 0) is 35.4 Å². The molecular weight excluding hydrogens is 290 g/mol. The molecule has 0 aromatic heterocycles. The highest BCUT2D eigenvalue weighted by Gasteiger charge is 2.21. The van der Waals surface area contributed by atoms with E-state index in [1.807, 2.05) is 0 Å². The Balaban J connectivity index is 1.53. The van der Waals surface area contributed by atoms with Crippen LogP contribution in [0.1, 0.15) is 11.1 Å². The standard InChI is InChI=1S/C18H19N3O2/c22-16-11-21(9-8-19-16)17(23)10-20-15-7-6-13-5-4-12-2-1-3-14(15)18(12)13/h1-3,6-7,20H,4-5,8-11H2,(H,19,22). The molecule has 0 spiro atoms. The second-order valence-corrected chi connectivity index (χ2v) is 6.13. The highest BCUT2D eigenvalue weighted by atomic mass is 16.2. The molecule has 2 aromatic rings. The van der Waals surface area contributed by atoms with Gasteiger partial charge in [-0.25, -0.2) is 0 Å². The third-order valence-electron chi connectivity index (χ3n) is 4.70. The number of piperazine rings is 1. The summed E-state index contributed by atoms with van der Waals surface area (Å²) < 4.78 is 0. The van der Waals surface area contributed by atoms with Crippen molar-refractivity contribution < 1.29 is 9.59 Å². The number of nitrogens with zero attached hydrogens (tertiary/aromatic N) is 1. The van der Waals surface area contributed by atoms with Crippen molar-refractivity contribution >= 4 is 28.3 Å². The van der Waals surface area contributed by atoms with E-state index in [0.29, 0.717) is 13.1 Å². The van der Waals surface area contributed by atoms with Gasteiger partial charge < -0.3 is 15.5 Å². The summed E-state index contributed by atoms with van der Waals surface area (Å²) in [6, 6.07) is 10.6. The van der Waals surface area contributed by atoms with Gasteiger partial charge in [0.05, 0.1) is 13.1 Å². The van der Waals surface area contributed by atoms with Crippen LogP contribution in [0.2, 0.25) is 0 Å². The van der Waals surface area contributed by atoms with Crippen molar-refractivity contribution in [3.05, 3.63) is 41.5 Å². The van der Waals surface area contributed by atoms with Gasteiger partial charge in [-0.3, -0.25) is 9.59 Å². The summed E-state index contributed by atoms with van der Waals surface area (Å²) in [5, 5.41) is 8.51. The lowest BCUT2D eigenvalue weighted by atomic mass is 10.0. The Kier molecular flexibility index (Phi) is 3.41. The average Bonchev–Trinajstić information content (AvgIpc) is 2.99. The molecule has 1 saturated heterocycles. The van der Waals surface area contributed by atoms with Crippen molar-refractivity contribution in [2.45, 2.75) is 12.8 Å². The molecule has 4 rings (SSSR count). The summed E-state index contributed by atoms with van der Waals surface area (Å²) in [5.41, 5.74) is 3.77. The first-order chi connectivity index (χ1) is 11.2. The van der Waals surface area contributed by atoms with Gasteiger partial charge in [0.1, 0.15) is 0 Å². The largest absolute Gasteiger partial charge is 0.376 e. The van der Waals surface area contributed by atoms with Gasteiger partial charge in [-0.2, -0.15) is 0 Å². The fourth-order valence-electron chi connectivity index (χ4n) is 3.54. The summed E-state index contributed by atoms with van der Waals surface area (Å²) in [7, 11) is 0. The van der Waals surface area contributed by atoms with Crippen LogP contribution in [-0.2, 0) is 22.4 Å². The summed E-state index contributed by atoms with van der Waals surface area (Å²) in [4.78, 5) is 25.3. The maximum absolute atomic E-state index is 12.3. The second kappa shape index (κ2) is 5.57. The van der Waals surface area contributed by atoms with Gasteiger partial charge in [-0.1, -0.05) is 24.3 Å². The molecule has 1 aliphatic carbocycles. The molecule has 2 amide bonds. The summed E-state index contributed by atoms with van der Waals surface area (Å²) in [6.45, 7) is 1.48. The molecule has 0 atom stereocenters. The topological polar surface area (TPSA) is 61.4 Å². The smallest absolute Gasteiger partial charge is 0.242 e. The van der Waals surface area contributed by atoms with Crippen LogP contribution in [0.3, 0.4) is 0 Å². The van der Waals surface area contributed by atoms with Crippen LogP contribution in [0.4, 0.5) is 5.69 Å². The van der Waals surface area contributed by atoms with E-state index in [1.165, 1.54) is 21.9 Å². The molecule has 1 fully saturated rings. The molecule has 0 bridgehead atoms. The molecule has 1 aliphatic heterocycles. The molecule has 0 saturated carbocycles. The number of hydrogen-bond donors (Lipinski definition) is 2. The number of hydrogen-bond acceptors (Lipinski definition) is 3. The molecule has 1 heterocycles. The second-order valence-electron chi connectivity index (χ2n) is 6.13. The lowest BCUT2D eigenvalue weighted by Gasteiger charge is -2.27. The highest BCUT2D eigenvalue weighted by molar-refractivity contribution is 6.00. The average molecular weight is 309 g/mol. The van der Waals surface area contributed by atoms with E-state index in [9.17, 15) is 9.59 Å². The molecule has 2 N–H and O–H groups in total. The Morgan fingerprint density at radius 3 is 2.83 bits per heavy atom. The zero-order valence-electron chi connectivity index (χ0n) is 12.9. The molecule has 5 nitrogen and oxygen atoms in total. The minimum atomic E-state index is -0.0880. The van der Waals surface area contributed by atoms with E-state index in [2.05, 4.69) is 41.0 Å². The number of carbonyl (C=O) groups is 2. The molecule has 23 heavy (non-hydrogen) atoms. The fourth-order valence-corrected chi connectivity index (χ4v) is 3.54. The SMILES string of the molecule is O=C1CN(C(=O)CNc2ccc3c4c(cccc24)CC3)CCN1. The minimum Gasteiger partial charge on any atom is -0.376 e.